The average molecular weight is 181 g/mol. The molecule has 0 aromatic carbocycles. The normalized spacial score (nSPS) is 29.9. The number of hydrogen-bond acceptors (Lipinski definition) is 3. The lowest BCUT2D eigenvalue weighted by Gasteiger charge is -2.40. The lowest BCUT2D eigenvalue weighted by molar-refractivity contribution is 0.109. The number of nitrogens with one attached hydrogen (secondary N) is 1. The van der Waals surface area contributed by atoms with Crippen LogP contribution in [0.5, 0.6) is 0 Å². The Balaban J connectivity index is 2.52. The smallest absolute Gasteiger partial charge is 0.0638 e. The lowest BCUT2D eigenvalue weighted by Crippen LogP contribution is -2.56. The monoisotopic (exact) mass is 181 g/mol. The molecule has 1 fully saturated rings. The fraction of sp³-hybridized carbons (Fsp3) is 0.900. The predicted molar refractivity (Wildman–Crippen MR) is 53.3 cm³/mol. The molecule has 0 radical (unpaired) electrons. The zero-order valence-corrected chi connectivity index (χ0v) is 8.58. The van der Waals surface area contributed by atoms with Crippen molar-refractivity contribution in [1.29, 1.82) is 5.26 Å². The summed E-state index contributed by atoms with van der Waals surface area (Å²) >= 11 is 0. The van der Waals surface area contributed by atoms with E-state index in [0.29, 0.717) is 18.5 Å². The SMILES string of the molecule is CCCN1C(C)CNCC1CC#N. The molecule has 1 aliphatic rings. The molecule has 1 aliphatic heterocycles. The average Bonchev–Trinajstić information content (AvgIpc) is 2.11. The summed E-state index contributed by atoms with van der Waals surface area (Å²) in [5.41, 5.74) is 0. The second kappa shape index (κ2) is 5.21. The molecule has 0 aliphatic carbocycles. The van der Waals surface area contributed by atoms with Gasteiger partial charge in [0.25, 0.3) is 0 Å². The van der Waals surface area contributed by atoms with Crippen molar-refractivity contribution in [2.45, 2.75) is 38.8 Å². The van der Waals surface area contributed by atoms with Crippen LogP contribution >= 0.6 is 0 Å². The molecule has 2 unspecified atom stereocenters. The molecule has 0 aromatic rings. The molecule has 1 heterocycles. The van der Waals surface area contributed by atoms with E-state index in [0.717, 1.165) is 19.6 Å². The molecule has 0 amide bonds. The summed E-state index contributed by atoms with van der Waals surface area (Å²) in [5.74, 6) is 0. The van der Waals surface area contributed by atoms with Crippen LogP contribution in [-0.2, 0) is 0 Å². The van der Waals surface area contributed by atoms with Gasteiger partial charge in [-0.05, 0) is 19.9 Å². The van der Waals surface area contributed by atoms with E-state index in [2.05, 4.69) is 30.1 Å². The molecule has 1 saturated heterocycles. The Morgan fingerprint density at radius 3 is 2.92 bits per heavy atom. The first kappa shape index (κ1) is 10.5. The molecule has 0 spiro atoms. The topological polar surface area (TPSA) is 39.1 Å². The van der Waals surface area contributed by atoms with Gasteiger partial charge in [0, 0.05) is 25.2 Å². The van der Waals surface area contributed by atoms with E-state index in [1.807, 2.05) is 0 Å². The van der Waals surface area contributed by atoms with Gasteiger partial charge in [0.05, 0.1) is 12.5 Å². The molecule has 3 nitrogen and oxygen atoms in total. The molecule has 0 saturated carbocycles. The van der Waals surface area contributed by atoms with Gasteiger partial charge in [-0.3, -0.25) is 4.90 Å². The minimum absolute atomic E-state index is 0.425. The molecule has 0 bridgehead atoms. The zero-order valence-electron chi connectivity index (χ0n) is 8.58. The van der Waals surface area contributed by atoms with Gasteiger partial charge in [-0.2, -0.15) is 5.26 Å². The molecule has 74 valence electrons. The van der Waals surface area contributed by atoms with E-state index in [4.69, 9.17) is 5.26 Å². The highest BCUT2D eigenvalue weighted by Gasteiger charge is 2.26. The maximum atomic E-state index is 8.69. The van der Waals surface area contributed by atoms with Crippen LogP contribution in [0.1, 0.15) is 26.7 Å². The van der Waals surface area contributed by atoms with Gasteiger partial charge in [-0.15, -0.1) is 0 Å². The summed E-state index contributed by atoms with van der Waals surface area (Å²) in [4.78, 5) is 2.46. The summed E-state index contributed by atoms with van der Waals surface area (Å²) in [5, 5.41) is 12.1. The molecule has 2 atom stereocenters. The standard InChI is InChI=1S/C10H19N3/c1-3-6-13-9(2)7-12-8-10(13)4-5-11/h9-10,12H,3-4,6-8H2,1-2H3. The largest absolute Gasteiger partial charge is 0.314 e. The van der Waals surface area contributed by atoms with Crippen molar-refractivity contribution in [2.24, 2.45) is 0 Å². The summed E-state index contributed by atoms with van der Waals surface area (Å²) in [6, 6.07) is 3.27. The maximum absolute atomic E-state index is 8.69. The van der Waals surface area contributed by atoms with E-state index in [9.17, 15) is 0 Å². The zero-order chi connectivity index (χ0) is 9.68. The third-order valence-electron chi connectivity index (χ3n) is 2.66. The van der Waals surface area contributed by atoms with Crippen molar-refractivity contribution in [3.05, 3.63) is 0 Å². The molecular formula is C10H19N3. The van der Waals surface area contributed by atoms with Gasteiger partial charge in [-0.1, -0.05) is 6.92 Å². The Bertz CT molecular complexity index is 185. The molecule has 1 N–H and O–H groups in total. The van der Waals surface area contributed by atoms with Crippen LogP contribution in [0, 0.1) is 11.3 Å². The number of nitrogens with zero attached hydrogens (tertiary/aromatic N) is 2. The predicted octanol–water partition coefficient (Wildman–Crippen LogP) is 0.972. The fourth-order valence-corrected chi connectivity index (χ4v) is 2.01. The van der Waals surface area contributed by atoms with Gasteiger partial charge >= 0.3 is 0 Å². The van der Waals surface area contributed by atoms with Crippen LogP contribution < -0.4 is 5.32 Å². The van der Waals surface area contributed by atoms with Crippen LogP contribution in [0.2, 0.25) is 0 Å². The van der Waals surface area contributed by atoms with E-state index in [-0.39, 0.29) is 0 Å². The number of rotatable bonds is 3. The first-order chi connectivity index (χ1) is 6.29. The first-order valence-corrected chi connectivity index (χ1v) is 5.13. The van der Waals surface area contributed by atoms with Gasteiger partial charge in [-0.25, -0.2) is 0 Å². The van der Waals surface area contributed by atoms with Crippen molar-refractivity contribution in [3.63, 3.8) is 0 Å². The Hall–Kier alpha value is -0.590. The Kier molecular flexibility index (Phi) is 4.20. The molecule has 13 heavy (non-hydrogen) atoms. The second-order valence-corrected chi connectivity index (χ2v) is 3.76. The maximum Gasteiger partial charge on any atom is 0.0638 e. The Morgan fingerprint density at radius 1 is 1.54 bits per heavy atom. The lowest BCUT2D eigenvalue weighted by atomic mass is 10.1. The first-order valence-electron chi connectivity index (χ1n) is 5.13. The summed E-state index contributed by atoms with van der Waals surface area (Å²) in [6.07, 6.45) is 1.82. The number of piperazine rings is 1. The second-order valence-electron chi connectivity index (χ2n) is 3.76. The van der Waals surface area contributed by atoms with Crippen LogP contribution in [0.15, 0.2) is 0 Å². The Labute approximate surface area is 80.7 Å². The fourth-order valence-electron chi connectivity index (χ4n) is 2.01. The van der Waals surface area contributed by atoms with Crippen molar-refractivity contribution in [1.82, 2.24) is 10.2 Å². The van der Waals surface area contributed by atoms with Crippen LogP contribution in [-0.4, -0.2) is 36.6 Å². The van der Waals surface area contributed by atoms with Crippen molar-refractivity contribution < 1.29 is 0 Å². The minimum Gasteiger partial charge on any atom is -0.314 e. The van der Waals surface area contributed by atoms with Gasteiger partial charge in [0.15, 0.2) is 0 Å². The Morgan fingerprint density at radius 2 is 2.31 bits per heavy atom. The molecule has 1 rings (SSSR count). The molecule has 3 heteroatoms. The summed E-state index contributed by atoms with van der Waals surface area (Å²) < 4.78 is 0. The quantitative estimate of drug-likeness (QED) is 0.705. The summed E-state index contributed by atoms with van der Waals surface area (Å²) in [6.45, 7) is 7.57. The highest BCUT2D eigenvalue weighted by molar-refractivity contribution is 4.90. The van der Waals surface area contributed by atoms with Gasteiger partial charge in [0.2, 0.25) is 0 Å². The third kappa shape index (κ3) is 2.68. The minimum atomic E-state index is 0.425. The molecule has 0 aromatic heterocycles. The molecular weight excluding hydrogens is 162 g/mol. The highest BCUT2D eigenvalue weighted by atomic mass is 15.2. The van der Waals surface area contributed by atoms with Crippen molar-refractivity contribution in [3.8, 4) is 6.07 Å². The third-order valence-corrected chi connectivity index (χ3v) is 2.66. The summed E-state index contributed by atoms with van der Waals surface area (Å²) in [7, 11) is 0. The highest BCUT2D eigenvalue weighted by Crippen LogP contribution is 2.12. The van der Waals surface area contributed by atoms with Gasteiger partial charge < -0.3 is 5.32 Å². The van der Waals surface area contributed by atoms with Crippen LogP contribution in [0.4, 0.5) is 0 Å². The van der Waals surface area contributed by atoms with Crippen LogP contribution in [0.25, 0.3) is 0 Å². The van der Waals surface area contributed by atoms with E-state index in [1.54, 1.807) is 0 Å². The van der Waals surface area contributed by atoms with E-state index >= 15 is 0 Å². The van der Waals surface area contributed by atoms with E-state index in [1.165, 1.54) is 6.42 Å². The van der Waals surface area contributed by atoms with E-state index < -0.39 is 0 Å². The van der Waals surface area contributed by atoms with Gasteiger partial charge in [0.1, 0.15) is 0 Å². The van der Waals surface area contributed by atoms with Crippen molar-refractivity contribution >= 4 is 0 Å². The van der Waals surface area contributed by atoms with Crippen LogP contribution in [0.3, 0.4) is 0 Å². The number of nitriles is 1. The number of hydrogen-bond donors (Lipinski definition) is 1. The van der Waals surface area contributed by atoms with Crippen molar-refractivity contribution in [2.75, 3.05) is 19.6 Å².